The summed E-state index contributed by atoms with van der Waals surface area (Å²) in [5, 5.41) is 0.874. The first kappa shape index (κ1) is 9.25. The molecule has 4 heteroatoms. The minimum atomic E-state index is -0.00594. The molecule has 2 N–H and O–H groups in total. The Balaban J connectivity index is 2.20. The second-order valence-electron chi connectivity index (χ2n) is 3.66. The fraction of sp³-hybridized carbons (Fsp3) is 0.444. The summed E-state index contributed by atoms with van der Waals surface area (Å²) in [6.45, 7) is 0. The zero-order valence-corrected chi connectivity index (χ0v) is 8.57. The minimum Gasteiger partial charge on any atom is -0.325 e. The smallest absolute Gasteiger partial charge is 0.131 e. The lowest BCUT2D eigenvalue weighted by Crippen LogP contribution is -2.24. The third-order valence-corrected chi connectivity index (χ3v) is 2.66. The van der Waals surface area contributed by atoms with Crippen LogP contribution in [0.25, 0.3) is 0 Å². The van der Waals surface area contributed by atoms with Crippen LogP contribution in [0.15, 0.2) is 12.1 Å². The molecule has 0 unspecified atom stereocenters. The van der Waals surface area contributed by atoms with Crippen molar-refractivity contribution in [2.45, 2.75) is 24.8 Å². The molecule has 0 saturated heterocycles. The Labute approximate surface area is 87.1 Å². The molecule has 1 saturated carbocycles. The van der Waals surface area contributed by atoms with Gasteiger partial charge in [0.15, 0.2) is 0 Å². The van der Waals surface area contributed by atoms with Crippen LogP contribution in [0.3, 0.4) is 0 Å². The van der Waals surface area contributed by atoms with Crippen molar-refractivity contribution in [2.75, 3.05) is 0 Å². The van der Waals surface area contributed by atoms with Crippen LogP contribution in [-0.4, -0.2) is 10.5 Å². The summed E-state index contributed by atoms with van der Waals surface area (Å²) in [5.74, 6) is 0. The van der Waals surface area contributed by atoms with E-state index in [4.69, 9.17) is 28.9 Å². The van der Waals surface area contributed by atoms with Crippen molar-refractivity contribution in [1.82, 2.24) is 4.98 Å². The highest BCUT2D eigenvalue weighted by Crippen LogP contribution is 2.36. The van der Waals surface area contributed by atoms with E-state index in [9.17, 15) is 0 Å². The molecule has 1 aromatic rings. The average Bonchev–Trinajstić information content (AvgIpc) is 2.64. The van der Waals surface area contributed by atoms with Gasteiger partial charge < -0.3 is 5.73 Å². The second-order valence-corrected chi connectivity index (χ2v) is 4.43. The number of halogens is 2. The molecule has 0 amide bonds. The summed E-state index contributed by atoms with van der Waals surface area (Å²) < 4.78 is 0. The zero-order chi connectivity index (χ0) is 9.47. The summed E-state index contributed by atoms with van der Waals surface area (Å²) in [6.07, 6.45) is 3.02. The molecule has 1 aliphatic carbocycles. The van der Waals surface area contributed by atoms with Gasteiger partial charge in [0.2, 0.25) is 0 Å². The fourth-order valence-corrected chi connectivity index (χ4v) is 1.87. The van der Waals surface area contributed by atoms with Crippen LogP contribution < -0.4 is 5.73 Å². The summed E-state index contributed by atoms with van der Waals surface area (Å²) >= 11 is 11.5. The first-order chi connectivity index (χ1) is 6.07. The van der Waals surface area contributed by atoms with Gasteiger partial charge in [-0.25, -0.2) is 4.98 Å². The van der Waals surface area contributed by atoms with Crippen LogP contribution in [0.4, 0.5) is 0 Å². The minimum absolute atomic E-state index is 0.00594. The third kappa shape index (κ3) is 2.33. The topological polar surface area (TPSA) is 38.9 Å². The molecule has 0 atom stereocenters. The summed E-state index contributed by atoms with van der Waals surface area (Å²) in [7, 11) is 0. The maximum absolute atomic E-state index is 5.97. The van der Waals surface area contributed by atoms with E-state index in [0.717, 1.165) is 24.8 Å². The van der Waals surface area contributed by atoms with E-state index in [1.54, 1.807) is 0 Å². The van der Waals surface area contributed by atoms with Crippen molar-refractivity contribution >= 4 is 23.2 Å². The van der Waals surface area contributed by atoms with Crippen LogP contribution >= 0.6 is 23.2 Å². The molecule has 0 radical (unpaired) electrons. The van der Waals surface area contributed by atoms with Crippen LogP contribution in [0, 0.1) is 0 Å². The summed E-state index contributed by atoms with van der Waals surface area (Å²) in [4.78, 5) is 3.87. The van der Waals surface area contributed by atoms with Gasteiger partial charge in [-0.1, -0.05) is 23.2 Å². The zero-order valence-electron chi connectivity index (χ0n) is 7.06. The normalized spacial score (nSPS) is 18.7. The van der Waals surface area contributed by atoms with E-state index < -0.39 is 0 Å². The summed E-state index contributed by atoms with van der Waals surface area (Å²) in [5.41, 5.74) is 7.04. The number of nitrogens with zero attached hydrogens (tertiary/aromatic N) is 1. The molecule has 2 nitrogen and oxygen atoms in total. The molecule has 1 aromatic heterocycles. The fourth-order valence-electron chi connectivity index (χ4n) is 1.36. The molecular weight excluding hydrogens is 207 g/mol. The lowest BCUT2D eigenvalue weighted by Gasteiger charge is -2.08. The van der Waals surface area contributed by atoms with Crippen molar-refractivity contribution in [1.29, 1.82) is 0 Å². The largest absolute Gasteiger partial charge is 0.325 e. The van der Waals surface area contributed by atoms with E-state index in [1.807, 2.05) is 12.1 Å². The van der Waals surface area contributed by atoms with Crippen molar-refractivity contribution in [3.05, 3.63) is 28.0 Å². The Kier molecular flexibility index (Phi) is 2.22. The monoisotopic (exact) mass is 216 g/mol. The highest BCUT2D eigenvalue weighted by atomic mass is 35.5. The molecule has 0 spiro atoms. The van der Waals surface area contributed by atoms with Gasteiger partial charge in [-0.3, -0.25) is 0 Å². The van der Waals surface area contributed by atoms with Gasteiger partial charge in [-0.15, -0.1) is 0 Å². The Morgan fingerprint density at radius 1 is 1.31 bits per heavy atom. The molecule has 1 heterocycles. The van der Waals surface area contributed by atoms with E-state index in [0.29, 0.717) is 10.3 Å². The predicted molar refractivity (Wildman–Crippen MR) is 54.1 cm³/mol. The number of nitrogens with two attached hydrogens (primary N) is 1. The van der Waals surface area contributed by atoms with Crippen LogP contribution in [0.5, 0.6) is 0 Å². The number of rotatable bonds is 2. The van der Waals surface area contributed by atoms with Gasteiger partial charge in [0.1, 0.15) is 10.3 Å². The molecular formula is C9H10Cl2N2. The van der Waals surface area contributed by atoms with Crippen molar-refractivity contribution in [3.8, 4) is 0 Å². The lowest BCUT2D eigenvalue weighted by atomic mass is 10.1. The van der Waals surface area contributed by atoms with Crippen LogP contribution in [0.1, 0.15) is 18.4 Å². The number of pyridine rings is 1. The SMILES string of the molecule is NC1(Cc2cc(Cl)nc(Cl)c2)CC1. The number of hydrogen-bond donors (Lipinski definition) is 1. The summed E-state index contributed by atoms with van der Waals surface area (Å²) in [6, 6.07) is 3.64. The highest BCUT2D eigenvalue weighted by molar-refractivity contribution is 6.32. The van der Waals surface area contributed by atoms with E-state index >= 15 is 0 Å². The van der Waals surface area contributed by atoms with Crippen LogP contribution in [-0.2, 0) is 6.42 Å². The van der Waals surface area contributed by atoms with Crippen molar-refractivity contribution in [3.63, 3.8) is 0 Å². The van der Waals surface area contributed by atoms with Crippen LogP contribution in [0.2, 0.25) is 10.3 Å². The first-order valence-corrected chi connectivity index (χ1v) is 4.94. The Morgan fingerprint density at radius 3 is 2.31 bits per heavy atom. The van der Waals surface area contributed by atoms with Gasteiger partial charge in [0, 0.05) is 5.54 Å². The standard InChI is InChI=1S/C9H10Cl2N2/c10-7-3-6(4-8(11)13-7)5-9(12)1-2-9/h3-4H,1-2,5,12H2. The molecule has 1 aliphatic rings. The van der Waals surface area contributed by atoms with Gasteiger partial charge in [-0.05, 0) is 37.0 Å². The van der Waals surface area contributed by atoms with Gasteiger partial charge in [-0.2, -0.15) is 0 Å². The van der Waals surface area contributed by atoms with E-state index in [1.165, 1.54) is 0 Å². The third-order valence-electron chi connectivity index (χ3n) is 2.27. The van der Waals surface area contributed by atoms with E-state index in [2.05, 4.69) is 4.98 Å². The molecule has 1 fully saturated rings. The van der Waals surface area contributed by atoms with E-state index in [-0.39, 0.29) is 5.54 Å². The van der Waals surface area contributed by atoms with Crippen molar-refractivity contribution < 1.29 is 0 Å². The molecule has 13 heavy (non-hydrogen) atoms. The van der Waals surface area contributed by atoms with Crippen molar-refractivity contribution in [2.24, 2.45) is 5.73 Å². The van der Waals surface area contributed by atoms with Gasteiger partial charge in [0.25, 0.3) is 0 Å². The second kappa shape index (κ2) is 3.12. The maximum atomic E-state index is 5.97. The molecule has 2 rings (SSSR count). The predicted octanol–water partition coefficient (Wildman–Crippen LogP) is 2.42. The number of hydrogen-bond acceptors (Lipinski definition) is 2. The number of aromatic nitrogens is 1. The maximum Gasteiger partial charge on any atom is 0.131 e. The molecule has 0 aromatic carbocycles. The lowest BCUT2D eigenvalue weighted by molar-refractivity contribution is 0.671. The Hall–Kier alpha value is -0.310. The molecule has 0 aliphatic heterocycles. The Morgan fingerprint density at radius 2 is 1.85 bits per heavy atom. The first-order valence-electron chi connectivity index (χ1n) is 4.18. The quantitative estimate of drug-likeness (QED) is 0.772. The van der Waals surface area contributed by atoms with Gasteiger partial charge in [0.05, 0.1) is 0 Å². The van der Waals surface area contributed by atoms with Gasteiger partial charge >= 0.3 is 0 Å². The molecule has 0 bridgehead atoms. The molecule has 70 valence electrons. The average molecular weight is 217 g/mol. The Bertz CT molecular complexity index is 314. The highest BCUT2D eigenvalue weighted by Gasteiger charge is 2.38.